The van der Waals surface area contributed by atoms with Crippen LogP contribution in [-0.2, 0) is 10.2 Å². The molecule has 1 rings (SSSR count). The first-order valence-electron chi connectivity index (χ1n) is 6.27. The summed E-state index contributed by atoms with van der Waals surface area (Å²) in [5.41, 5.74) is -0.0960. The summed E-state index contributed by atoms with van der Waals surface area (Å²) in [6, 6.07) is -0.336. The molecule has 1 aromatic rings. The lowest BCUT2D eigenvalue weighted by Gasteiger charge is -2.20. The standard InChI is InChI=1S/C12H22N4O3S/c1-12(2,3)9-14-15-10(20-9)13-11(18)16(4)6-8(17)7-19-5/h8,17H,6-7H2,1-5H3,(H,13,15,18). The van der Waals surface area contributed by atoms with Crippen molar-refractivity contribution in [1.82, 2.24) is 15.1 Å². The van der Waals surface area contributed by atoms with Crippen LogP contribution in [0, 0.1) is 0 Å². The molecule has 1 unspecified atom stereocenters. The van der Waals surface area contributed by atoms with E-state index in [1.807, 2.05) is 20.8 Å². The normalized spacial score (nSPS) is 13.1. The second kappa shape index (κ2) is 6.96. The van der Waals surface area contributed by atoms with E-state index in [2.05, 4.69) is 15.5 Å². The number of carbonyl (C=O) groups is 1. The molecule has 0 saturated carbocycles. The van der Waals surface area contributed by atoms with Crippen molar-refractivity contribution in [3.05, 3.63) is 5.01 Å². The number of amides is 2. The Morgan fingerprint density at radius 3 is 2.65 bits per heavy atom. The third-order valence-electron chi connectivity index (χ3n) is 2.47. The quantitative estimate of drug-likeness (QED) is 0.856. The van der Waals surface area contributed by atoms with Gasteiger partial charge in [0.15, 0.2) is 0 Å². The number of aliphatic hydroxyl groups excluding tert-OH is 1. The maximum absolute atomic E-state index is 11.9. The van der Waals surface area contributed by atoms with Crippen molar-refractivity contribution in [2.24, 2.45) is 0 Å². The topological polar surface area (TPSA) is 87.6 Å². The maximum Gasteiger partial charge on any atom is 0.323 e. The molecule has 8 heteroatoms. The Hall–Kier alpha value is -1.25. The van der Waals surface area contributed by atoms with Crippen LogP contribution < -0.4 is 5.32 Å². The molecule has 0 aliphatic carbocycles. The largest absolute Gasteiger partial charge is 0.389 e. The van der Waals surface area contributed by atoms with Gasteiger partial charge in [0, 0.05) is 19.6 Å². The fraction of sp³-hybridized carbons (Fsp3) is 0.750. The highest BCUT2D eigenvalue weighted by molar-refractivity contribution is 7.15. The molecule has 0 spiro atoms. The fourth-order valence-corrected chi connectivity index (χ4v) is 2.20. The van der Waals surface area contributed by atoms with Crippen LogP contribution in [0.25, 0.3) is 0 Å². The van der Waals surface area contributed by atoms with Crippen LogP contribution >= 0.6 is 11.3 Å². The molecular weight excluding hydrogens is 280 g/mol. The van der Waals surface area contributed by atoms with Crippen LogP contribution in [0.4, 0.5) is 9.93 Å². The summed E-state index contributed by atoms with van der Waals surface area (Å²) in [5, 5.41) is 21.5. The molecule has 0 saturated heterocycles. The van der Waals surface area contributed by atoms with Gasteiger partial charge in [-0.15, -0.1) is 10.2 Å². The van der Waals surface area contributed by atoms with E-state index < -0.39 is 6.10 Å². The van der Waals surface area contributed by atoms with Crippen LogP contribution in [0.2, 0.25) is 0 Å². The van der Waals surface area contributed by atoms with Gasteiger partial charge in [0.1, 0.15) is 5.01 Å². The first-order chi connectivity index (χ1) is 9.24. The smallest absolute Gasteiger partial charge is 0.323 e. The second-order valence-corrected chi connectivity index (χ2v) is 6.56. The lowest BCUT2D eigenvalue weighted by molar-refractivity contribution is 0.0501. The van der Waals surface area contributed by atoms with Gasteiger partial charge in [-0.1, -0.05) is 32.1 Å². The summed E-state index contributed by atoms with van der Waals surface area (Å²) in [5.74, 6) is 0. The molecule has 7 nitrogen and oxygen atoms in total. The van der Waals surface area contributed by atoms with E-state index in [1.165, 1.54) is 23.3 Å². The molecule has 0 aliphatic rings. The molecule has 0 aliphatic heterocycles. The van der Waals surface area contributed by atoms with Gasteiger partial charge < -0.3 is 14.7 Å². The average molecular weight is 302 g/mol. The Morgan fingerprint density at radius 1 is 1.50 bits per heavy atom. The van der Waals surface area contributed by atoms with Crippen molar-refractivity contribution in [2.75, 3.05) is 32.6 Å². The highest BCUT2D eigenvalue weighted by Gasteiger charge is 2.21. The van der Waals surface area contributed by atoms with Gasteiger partial charge in [0.25, 0.3) is 0 Å². The Balaban J connectivity index is 2.55. The Kier molecular flexibility index (Phi) is 5.85. The van der Waals surface area contributed by atoms with Gasteiger partial charge in [0.2, 0.25) is 5.13 Å². The Bertz CT molecular complexity index is 444. The van der Waals surface area contributed by atoms with Crippen LogP contribution in [0.3, 0.4) is 0 Å². The molecule has 2 N–H and O–H groups in total. The summed E-state index contributed by atoms with van der Waals surface area (Å²) < 4.78 is 4.81. The minimum absolute atomic E-state index is 0.0960. The highest BCUT2D eigenvalue weighted by Crippen LogP contribution is 2.27. The van der Waals surface area contributed by atoms with Crippen molar-refractivity contribution in [3.63, 3.8) is 0 Å². The van der Waals surface area contributed by atoms with Gasteiger partial charge >= 0.3 is 6.03 Å². The minimum atomic E-state index is -0.713. The molecule has 0 radical (unpaired) electrons. The number of aliphatic hydroxyl groups is 1. The third kappa shape index (κ3) is 5.03. The lowest BCUT2D eigenvalue weighted by Crippen LogP contribution is -2.38. The van der Waals surface area contributed by atoms with E-state index in [1.54, 1.807) is 7.05 Å². The van der Waals surface area contributed by atoms with Crippen molar-refractivity contribution in [1.29, 1.82) is 0 Å². The molecule has 0 fully saturated rings. The maximum atomic E-state index is 11.9. The predicted octanol–water partition coefficient (Wildman–Crippen LogP) is 1.31. The summed E-state index contributed by atoms with van der Waals surface area (Å²) in [6.07, 6.45) is -0.713. The first kappa shape index (κ1) is 16.8. The van der Waals surface area contributed by atoms with Gasteiger partial charge in [-0.25, -0.2) is 4.79 Å². The predicted molar refractivity (Wildman–Crippen MR) is 78.1 cm³/mol. The van der Waals surface area contributed by atoms with E-state index >= 15 is 0 Å². The van der Waals surface area contributed by atoms with Crippen molar-refractivity contribution in [3.8, 4) is 0 Å². The number of carbonyl (C=O) groups excluding carboxylic acids is 1. The first-order valence-corrected chi connectivity index (χ1v) is 7.08. The molecular formula is C12H22N4O3S. The number of urea groups is 1. The number of hydrogen-bond donors (Lipinski definition) is 2. The average Bonchev–Trinajstić information content (AvgIpc) is 2.77. The number of ether oxygens (including phenoxy) is 1. The number of hydrogen-bond acceptors (Lipinski definition) is 6. The number of aromatic nitrogens is 2. The molecule has 0 aromatic carbocycles. The summed E-state index contributed by atoms with van der Waals surface area (Å²) >= 11 is 1.35. The SMILES string of the molecule is COCC(O)CN(C)C(=O)Nc1nnc(C(C)(C)C)s1. The molecule has 1 aromatic heterocycles. The Labute approximate surface area is 123 Å². The number of likely N-dealkylation sites (N-methyl/N-ethyl adjacent to an activating group) is 1. The minimum Gasteiger partial charge on any atom is -0.389 e. The third-order valence-corrected chi connectivity index (χ3v) is 3.74. The lowest BCUT2D eigenvalue weighted by atomic mass is 9.98. The van der Waals surface area contributed by atoms with Crippen molar-refractivity contribution in [2.45, 2.75) is 32.3 Å². The molecule has 1 heterocycles. The second-order valence-electron chi connectivity index (χ2n) is 5.58. The van der Waals surface area contributed by atoms with E-state index in [-0.39, 0.29) is 24.6 Å². The van der Waals surface area contributed by atoms with Crippen molar-refractivity contribution < 1.29 is 14.6 Å². The zero-order valence-corrected chi connectivity index (χ0v) is 13.3. The summed E-state index contributed by atoms with van der Waals surface area (Å²) in [6.45, 7) is 6.47. The Morgan fingerprint density at radius 2 is 2.15 bits per heavy atom. The summed E-state index contributed by atoms with van der Waals surface area (Å²) in [7, 11) is 3.10. The van der Waals surface area contributed by atoms with Gasteiger partial charge in [-0.3, -0.25) is 5.32 Å². The van der Waals surface area contributed by atoms with Gasteiger partial charge in [0.05, 0.1) is 19.3 Å². The molecule has 2 amide bonds. The van der Waals surface area contributed by atoms with E-state index in [0.717, 1.165) is 5.01 Å². The van der Waals surface area contributed by atoms with Crippen LogP contribution in [0.5, 0.6) is 0 Å². The van der Waals surface area contributed by atoms with E-state index in [9.17, 15) is 9.90 Å². The zero-order valence-electron chi connectivity index (χ0n) is 12.5. The van der Waals surface area contributed by atoms with Gasteiger partial charge in [-0.05, 0) is 0 Å². The molecule has 20 heavy (non-hydrogen) atoms. The fourth-order valence-electron chi connectivity index (χ4n) is 1.41. The molecule has 1 atom stereocenters. The van der Waals surface area contributed by atoms with Crippen LogP contribution in [0.1, 0.15) is 25.8 Å². The van der Waals surface area contributed by atoms with E-state index in [0.29, 0.717) is 5.13 Å². The molecule has 114 valence electrons. The number of nitrogens with zero attached hydrogens (tertiary/aromatic N) is 3. The monoisotopic (exact) mass is 302 g/mol. The number of rotatable bonds is 5. The van der Waals surface area contributed by atoms with Crippen molar-refractivity contribution >= 4 is 22.5 Å². The number of methoxy groups -OCH3 is 1. The number of nitrogens with one attached hydrogen (secondary N) is 1. The van der Waals surface area contributed by atoms with E-state index in [4.69, 9.17) is 4.74 Å². The van der Waals surface area contributed by atoms with Crippen LogP contribution in [-0.4, -0.2) is 59.6 Å². The highest BCUT2D eigenvalue weighted by atomic mass is 32.1. The zero-order chi connectivity index (χ0) is 15.3. The van der Waals surface area contributed by atoms with Gasteiger partial charge in [-0.2, -0.15) is 0 Å². The summed E-state index contributed by atoms with van der Waals surface area (Å²) in [4.78, 5) is 13.3. The number of anilines is 1. The molecule has 0 bridgehead atoms. The van der Waals surface area contributed by atoms with Crippen LogP contribution in [0.15, 0.2) is 0 Å².